The molecule has 2 amide bonds. The number of aryl methyl sites for hydroxylation is 1. The summed E-state index contributed by atoms with van der Waals surface area (Å²) in [6.45, 7) is 10.9. The zero-order chi connectivity index (χ0) is 31.6. The lowest BCUT2D eigenvalue weighted by molar-refractivity contribution is -0.125. The number of aliphatic hydroxyl groups excluding tert-OH is 1. The van der Waals surface area contributed by atoms with Crippen molar-refractivity contribution in [3.8, 4) is 5.75 Å². The van der Waals surface area contributed by atoms with Crippen LogP contribution < -0.4 is 27.0 Å². The van der Waals surface area contributed by atoms with Gasteiger partial charge >= 0.3 is 5.69 Å². The highest BCUT2D eigenvalue weighted by atomic mass is 32.1. The number of nitrogens with two attached hydrogens (primary N) is 1. The maximum Gasteiger partial charge on any atom is 0.333 e. The monoisotopic (exact) mass is 612 g/mol. The fourth-order valence-corrected chi connectivity index (χ4v) is 7.27. The van der Waals surface area contributed by atoms with Crippen LogP contribution in [0.15, 0.2) is 33.9 Å². The molecular formula is C32H44N4O6S. The zero-order valence-electron chi connectivity index (χ0n) is 25.9. The van der Waals surface area contributed by atoms with Crippen LogP contribution in [0.5, 0.6) is 5.75 Å². The number of nitrogens with one attached hydrogen (secondary N) is 1. The molecule has 43 heavy (non-hydrogen) atoms. The number of amides is 2. The maximum atomic E-state index is 14.3. The Morgan fingerprint density at radius 3 is 2.42 bits per heavy atom. The van der Waals surface area contributed by atoms with Crippen molar-refractivity contribution in [1.29, 1.82) is 0 Å². The minimum Gasteiger partial charge on any atom is -0.491 e. The van der Waals surface area contributed by atoms with Crippen LogP contribution >= 0.6 is 11.3 Å². The Labute approximate surface area is 255 Å². The number of primary amides is 1. The summed E-state index contributed by atoms with van der Waals surface area (Å²) in [5.74, 6) is -0.306. The van der Waals surface area contributed by atoms with E-state index in [4.69, 9.17) is 10.5 Å². The molecular weight excluding hydrogens is 568 g/mol. The number of nitrogens with zero attached hydrogens (tertiary/aromatic N) is 2. The average Bonchev–Trinajstić information content (AvgIpc) is 3.29. The number of ether oxygens (including phenoxy) is 1. The zero-order valence-corrected chi connectivity index (χ0v) is 26.8. The minimum absolute atomic E-state index is 0.0705. The second kappa shape index (κ2) is 13.1. The first-order valence-corrected chi connectivity index (χ1v) is 15.9. The van der Waals surface area contributed by atoms with E-state index in [1.807, 2.05) is 45.0 Å². The number of thiophene rings is 1. The van der Waals surface area contributed by atoms with Crippen LogP contribution in [-0.4, -0.2) is 44.8 Å². The fourth-order valence-electron chi connectivity index (χ4n) is 6.05. The van der Waals surface area contributed by atoms with Crippen molar-refractivity contribution in [3.63, 3.8) is 0 Å². The Morgan fingerprint density at radius 1 is 1.16 bits per heavy atom. The summed E-state index contributed by atoms with van der Waals surface area (Å²) in [6.07, 6.45) is 3.54. The predicted molar refractivity (Wildman–Crippen MR) is 169 cm³/mol. The van der Waals surface area contributed by atoms with E-state index in [1.165, 1.54) is 18.4 Å². The van der Waals surface area contributed by atoms with E-state index >= 15 is 0 Å². The third-order valence-corrected chi connectivity index (χ3v) is 9.79. The van der Waals surface area contributed by atoms with Crippen molar-refractivity contribution < 1.29 is 19.4 Å². The van der Waals surface area contributed by atoms with Crippen molar-refractivity contribution in [1.82, 2.24) is 14.5 Å². The second-order valence-corrected chi connectivity index (χ2v) is 13.4. The number of para-hydroxylation sites is 1. The number of fused-ring (bicyclic) bond motifs is 1. The van der Waals surface area contributed by atoms with Crippen LogP contribution in [0.25, 0.3) is 10.2 Å². The Hall–Kier alpha value is -3.44. The first-order valence-electron chi connectivity index (χ1n) is 15.1. The van der Waals surface area contributed by atoms with E-state index in [9.17, 15) is 24.3 Å². The van der Waals surface area contributed by atoms with Gasteiger partial charge < -0.3 is 20.9 Å². The van der Waals surface area contributed by atoms with Crippen molar-refractivity contribution in [2.75, 3.05) is 6.54 Å². The highest BCUT2D eigenvalue weighted by Crippen LogP contribution is 2.39. The molecule has 1 aromatic carbocycles. The van der Waals surface area contributed by atoms with Crippen LogP contribution in [0.2, 0.25) is 0 Å². The molecule has 1 fully saturated rings. The Kier molecular flexibility index (Phi) is 9.86. The molecule has 2 heterocycles. The number of rotatable bonds is 11. The third-order valence-electron chi connectivity index (χ3n) is 8.48. The molecule has 0 saturated heterocycles. The third kappa shape index (κ3) is 6.57. The SMILES string of the molecule is CCNC(=O)c1sc2c(c1C)c(=O)n(C(C)(C)C(N)=O)c(=O)n2C[C@H](C[C@H]1CC[C@@H](O)CC1)c1ccccc1OC(C)C. The van der Waals surface area contributed by atoms with Gasteiger partial charge in [-0.3, -0.25) is 19.0 Å². The maximum absolute atomic E-state index is 14.3. The summed E-state index contributed by atoms with van der Waals surface area (Å²) in [5, 5.41) is 13.2. The number of carbonyl (C=O) groups excluding carboxylic acids is 2. The van der Waals surface area contributed by atoms with Gasteiger partial charge in [0.1, 0.15) is 16.1 Å². The standard InChI is InChI=1S/C32H44N4O6S/c1-7-34-27(38)26-19(4)25-28(39)36(32(5,6)30(33)40)31(41)35(29(25)43-26)17-21(16-20-12-14-22(37)15-13-20)23-10-8-9-11-24(23)42-18(2)3/h8-11,18,20-22,37H,7,12-17H2,1-6H3,(H2,33,40)(H,34,38)/t20-,21-,22+/m0/s1. The normalized spacial score (nSPS) is 18.1. The van der Waals surface area contributed by atoms with Crippen molar-refractivity contribution in [2.45, 2.75) is 104 Å². The van der Waals surface area contributed by atoms with Crippen LogP contribution in [0.3, 0.4) is 0 Å². The van der Waals surface area contributed by atoms with Crippen molar-refractivity contribution >= 4 is 33.4 Å². The van der Waals surface area contributed by atoms with Gasteiger partial charge in [-0.1, -0.05) is 18.2 Å². The van der Waals surface area contributed by atoms with Crippen molar-refractivity contribution in [3.05, 3.63) is 61.1 Å². The molecule has 2 aromatic heterocycles. The number of carbonyl (C=O) groups is 2. The first-order chi connectivity index (χ1) is 20.3. The molecule has 10 nitrogen and oxygen atoms in total. The lowest BCUT2D eigenvalue weighted by Crippen LogP contribution is -2.54. The Bertz CT molecular complexity index is 1610. The smallest absolute Gasteiger partial charge is 0.333 e. The number of aromatic nitrogens is 2. The van der Waals surface area contributed by atoms with Gasteiger partial charge in [-0.2, -0.15) is 0 Å². The minimum atomic E-state index is -1.61. The van der Waals surface area contributed by atoms with Gasteiger partial charge in [-0.25, -0.2) is 9.36 Å². The highest BCUT2D eigenvalue weighted by molar-refractivity contribution is 7.20. The molecule has 0 bridgehead atoms. The molecule has 4 rings (SSSR count). The summed E-state index contributed by atoms with van der Waals surface area (Å²) in [5.41, 5.74) is 4.19. The molecule has 11 heteroatoms. The molecule has 1 atom stereocenters. The summed E-state index contributed by atoms with van der Waals surface area (Å²) >= 11 is 1.11. The largest absolute Gasteiger partial charge is 0.491 e. The summed E-state index contributed by atoms with van der Waals surface area (Å²) in [6, 6.07) is 7.78. The lowest BCUT2D eigenvalue weighted by atomic mass is 9.79. The summed E-state index contributed by atoms with van der Waals surface area (Å²) in [7, 11) is 0. The van der Waals surface area contributed by atoms with Gasteiger partial charge in [-0.15, -0.1) is 11.3 Å². The summed E-state index contributed by atoms with van der Waals surface area (Å²) < 4.78 is 8.68. The van der Waals surface area contributed by atoms with Gasteiger partial charge in [0, 0.05) is 19.0 Å². The number of aliphatic hydroxyl groups is 1. The van der Waals surface area contributed by atoms with Crippen LogP contribution in [-0.2, 0) is 16.9 Å². The quantitative estimate of drug-likeness (QED) is 0.298. The molecule has 234 valence electrons. The molecule has 1 saturated carbocycles. The van der Waals surface area contributed by atoms with Gasteiger partial charge in [-0.05, 0) is 96.8 Å². The second-order valence-electron chi connectivity index (χ2n) is 12.4. The fraction of sp³-hybridized carbons (Fsp3) is 0.562. The van der Waals surface area contributed by atoms with Gasteiger partial charge in [0.2, 0.25) is 5.91 Å². The molecule has 1 aliphatic carbocycles. The van der Waals surface area contributed by atoms with E-state index in [2.05, 4.69) is 5.32 Å². The molecule has 4 N–H and O–H groups in total. The van der Waals surface area contributed by atoms with E-state index < -0.39 is 22.7 Å². The summed E-state index contributed by atoms with van der Waals surface area (Å²) in [4.78, 5) is 54.5. The van der Waals surface area contributed by atoms with Gasteiger partial charge in [0.15, 0.2) is 0 Å². The molecule has 0 unspecified atom stereocenters. The number of benzene rings is 1. The molecule has 0 aliphatic heterocycles. The number of hydrogen-bond donors (Lipinski definition) is 3. The highest BCUT2D eigenvalue weighted by Gasteiger charge is 2.35. The van der Waals surface area contributed by atoms with Crippen LogP contribution in [0.1, 0.15) is 93.4 Å². The van der Waals surface area contributed by atoms with Gasteiger partial charge in [0.05, 0.1) is 22.5 Å². The average molecular weight is 613 g/mol. The Balaban J connectivity index is 1.98. The first kappa shape index (κ1) is 32.5. The van der Waals surface area contributed by atoms with Crippen molar-refractivity contribution in [2.24, 2.45) is 11.7 Å². The van der Waals surface area contributed by atoms with Crippen LogP contribution in [0.4, 0.5) is 0 Å². The predicted octanol–water partition coefficient (Wildman–Crippen LogP) is 4.02. The van der Waals surface area contributed by atoms with E-state index in [-0.39, 0.29) is 36.0 Å². The molecule has 1 aliphatic rings. The van der Waals surface area contributed by atoms with E-state index in [1.54, 1.807) is 6.92 Å². The topological polar surface area (TPSA) is 146 Å². The van der Waals surface area contributed by atoms with E-state index in [0.717, 1.165) is 59.3 Å². The van der Waals surface area contributed by atoms with Gasteiger partial charge in [0.25, 0.3) is 11.5 Å². The van der Waals surface area contributed by atoms with Crippen LogP contribution in [0, 0.1) is 12.8 Å². The number of hydrogen-bond acceptors (Lipinski definition) is 7. The van der Waals surface area contributed by atoms with E-state index in [0.29, 0.717) is 27.7 Å². The molecule has 3 aromatic rings. The lowest BCUT2D eigenvalue weighted by Gasteiger charge is -2.31. The molecule has 0 spiro atoms. The Morgan fingerprint density at radius 2 is 1.81 bits per heavy atom. The molecule has 0 radical (unpaired) electrons.